The summed E-state index contributed by atoms with van der Waals surface area (Å²) in [6.07, 6.45) is 0. The topological polar surface area (TPSA) is 66.8 Å². The first-order chi connectivity index (χ1) is 18.5. The van der Waals surface area contributed by atoms with Crippen LogP contribution in [-0.4, -0.2) is 23.9 Å². The highest BCUT2D eigenvalue weighted by molar-refractivity contribution is 6.52. The highest BCUT2D eigenvalue weighted by Crippen LogP contribution is 2.45. The average molecular weight is 560 g/mol. The van der Waals surface area contributed by atoms with Crippen molar-refractivity contribution in [3.05, 3.63) is 111 Å². The molecule has 0 spiro atoms. The smallest absolute Gasteiger partial charge is 0.300 e. The lowest BCUT2D eigenvalue weighted by Crippen LogP contribution is -2.29. The van der Waals surface area contributed by atoms with E-state index in [2.05, 4.69) is 20.8 Å². The Kier molecular flexibility index (Phi) is 6.91. The molecule has 0 bridgehead atoms. The second kappa shape index (κ2) is 10.1. The summed E-state index contributed by atoms with van der Waals surface area (Å²) in [7, 11) is 1.43. The molecule has 1 saturated heterocycles. The Balaban J connectivity index is 1.77. The van der Waals surface area contributed by atoms with Crippen LogP contribution in [0.15, 0.2) is 84.4 Å². The SMILES string of the molecule is COc1c(Cl)cc(/C(O)=C2\C(=O)C(=O)N(c3cccc4ccccc34)C2c2ccc(C(C)(C)C)cc2)cc1Cl. The normalized spacial score (nSPS) is 17.2. The monoisotopic (exact) mass is 559 g/mol. The summed E-state index contributed by atoms with van der Waals surface area (Å²) >= 11 is 12.7. The predicted octanol–water partition coefficient (Wildman–Crippen LogP) is 8.08. The van der Waals surface area contributed by atoms with E-state index in [4.69, 9.17) is 27.9 Å². The number of amides is 1. The Bertz CT molecular complexity index is 1620. The van der Waals surface area contributed by atoms with E-state index in [0.29, 0.717) is 11.3 Å². The third-order valence-electron chi connectivity index (χ3n) is 7.04. The first kappa shape index (κ1) is 26.8. The number of nitrogens with zero attached hydrogens (tertiary/aromatic N) is 1. The molecule has 198 valence electrons. The molecule has 5 rings (SSSR count). The molecule has 1 heterocycles. The molecule has 0 radical (unpaired) electrons. The number of carbonyl (C=O) groups excluding carboxylic acids is 2. The van der Waals surface area contributed by atoms with E-state index in [0.717, 1.165) is 16.3 Å². The standard InChI is InChI=1S/C32H27Cl2NO4/c1-32(2,3)21-14-12-19(13-15-21)27-26(28(36)20-16-23(33)30(39-4)24(34)17-20)29(37)31(38)35(27)25-11-7-9-18-8-5-6-10-22(18)25/h5-17,27,36H,1-4H3/b28-26+. The number of rotatable bonds is 4. The summed E-state index contributed by atoms with van der Waals surface area (Å²) in [5, 5.41) is 13.6. The number of methoxy groups -OCH3 is 1. The second-order valence-electron chi connectivity index (χ2n) is 10.5. The number of hydrogen-bond donors (Lipinski definition) is 1. The van der Waals surface area contributed by atoms with Gasteiger partial charge in [0, 0.05) is 10.9 Å². The molecule has 1 atom stereocenters. The van der Waals surface area contributed by atoms with Gasteiger partial charge in [-0.05, 0) is 40.1 Å². The van der Waals surface area contributed by atoms with Gasteiger partial charge in [-0.15, -0.1) is 0 Å². The van der Waals surface area contributed by atoms with Crippen molar-refractivity contribution >= 4 is 57.1 Å². The van der Waals surface area contributed by atoms with Gasteiger partial charge in [0.05, 0.1) is 34.5 Å². The van der Waals surface area contributed by atoms with E-state index >= 15 is 0 Å². The molecule has 4 aromatic rings. The Morgan fingerprint density at radius 3 is 2.13 bits per heavy atom. The van der Waals surface area contributed by atoms with Gasteiger partial charge in [-0.2, -0.15) is 0 Å². The zero-order valence-corrected chi connectivity index (χ0v) is 23.5. The molecule has 5 nitrogen and oxygen atoms in total. The van der Waals surface area contributed by atoms with Gasteiger partial charge < -0.3 is 9.84 Å². The summed E-state index contributed by atoms with van der Waals surface area (Å²) in [6, 6.07) is 23.1. The van der Waals surface area contributed by atoms with Crippen molar-refractivity contribution in [2.45, 2.75) is 32.2 Å². The van der Waals surface area contributed by atoms with Gasteiger partial charge in [0.25, 0.3) is 11.7 Å². The van der Waals surface area contributed by atoms with Gasteiger partial charge in [0.1, 0.15) is 5.76 Å². The lowest BCUT2D eigenvalue weighted by Gasteiger charge is -2.27. The second-order valence-corrected chi connectivity index (χ2v) is 11.3. The number of aliphatic hydroxyl groups is 1. The van der Waals surface area contributed by atoms with Gasteiger partial charge in [-0.3, -0.25) is 14.5 Å². The van der Waals surface area contributed by atoms with E-state index in [9.17, 15) is 14.7 Å². The van der Waals surface area contributed by atoms with Crippen LogP contribution in [0.25, 0.3) is 16.5 Å². The van der Waals surface area contributed by atoms with E-state index in [1.165, 1.54) is 24.1 Å². The molecule has 1 amide bonds. The highest BCUT2D eigenvalue weighted by atomic mass is 35.5. The maximum atomic E-state index is 13.7. The minimum Gasteiger partial charge on any atom is -0.507 e. The number of benzene rings is 4. The summed E-state index contributed by atoms with van der Waals surface area (Å²) < 4.78 is 5.23. The zero-order chi connectivity index (χ0) is 28.1. The van der Waals surface area contributed by atoms with E-state index in [-0.39, 0.29) is 38.1 Å². The molecular weight excluding hydrogens is 533 g/mol. The predicted molar refractivity (Wildman–Crippen MR) is 157 cm³/mol. The fourth-order valence-corrected chi connectivity index (χ4v) is 5.67. The van der Waals surface area contributed by atoms with Crippen LogP contribution in [0.5, 0.6) is 5.75 Å². The summed E-state index contributed by atoms with van der Waals surface area (Å²) in [6.45, 7) is 6.34. The molecule has 39 heavy (non-hydrogen) atoms. The first-order valence-corrected chi connectivity index (χ1v) is 13.2. The Morgan fingerprint density at radius 2 is 1.51 bits per heavy atom. The summed E-state index contributed by atoms with van der Waals surface area (Å²) in [5.41, 5.74) is 2.42. The largest absolute Gasteiger partial charge is 0.507 e. The minimum atomic E-state index is -0.885. The third-order valence-corrected chi connectivity index (χ3v) is 7.60. The van der Waals surface area contributed by atoms with Crippen LogP contribution in [-0.2, 0) is 15.0 Å². The molecule has 1 aliphatic rings. The lowest BCUT2D eigenvalue weighted by molar-refractivity contribution is -0.132. The number of ketones is 1. The lowest BCUT2D eigenvalue weighted by atomic mass is 9.85. The number of hydrogen-bond acceptors (Lipinski definition) is 4. The Hall–Kier alpha value is -3.80. The van der Waals surface area contributed by atoms with Crippen molar-refractivity contribution in [1.29, 1.82) is 0 Å². The molecule has 0 aromatic heterocycles. The molecule has 1 fully saturated rings. The van der Waals surface area contributed by atoms with Crippen molar-refractivity contribution in [3.63, 3.8) is 0 Å². The van der Waals surface area contributed by atoms with Crippen LogP contribution in [0, 0.1) is 0 Å². The number of Topliss-reactive ketones (excluding diaryl/α,β-unsaturated/α-hetero) is 1. The minimum absolute atomic E-state index is 0.0475. The number of ether oxygens (including phenoxy) is 1. The van der Waals surface area contributed by atoms with Crippen LogP contribution in [0.2, 0.25) is 10.0 Å². The molecular formula is C32H27Cl2NO4. The van der Waals surface area contributed by atoms with E-state index < -0.39 is 17.7 Å². The number of aliphatic hydroxyl groups excluding tert-OH is 1. The first-order valence-electron chi connectivity index (χ1n) is 12.5. The molecule has 1 N–H and O–H groups in total. The van der Waals surface area contributed by atoms with E-state index in [1.54, 1.807) is 0 Å². The highest BCUT2D eigenvalue weighted by Gasteiger charge is 2.47. The summed E-state index contributed by atoms with van der Waals surface area (Å²) in [4.78, 5) is 28.8. The van der Waals surface area contributed by atoms with Crippen molar-refractivity contribution in [1.82, 2.24) is 0 Å². The quantitative estimate of drug-likeness (QED) is 0.156. The fourth-order valence-electron chi connectivity index (χ4n) is 5.03. The third kappa shape index (κ3) is 4.66. The molecule has 0 aliphatic carbocycles. The van der Waals surface area contributed by atoms with Crippen LogP contribution < -0.4 is 9.64 Å². The van der Waals surface area contributed by atoms with Crippen molar-refractivity contribution in [2.75, 3.05) is 12.0 Å². The van der Waals surface area contributed by atoms with Crippen LogP contribution in [0.1, 0.15) is 43.5 Å². The van der Waals surface area contributed by atoms with Crippen LogP contribution >= 0.6 is 23.2 Å². The van der Waals surface area contributed by atoms with Gasteiger partial charge in [-0.1, -0.05) is 105 Å². The number of fused-ring (bicyclic) bond motifs is 1. The van der Waals surface area contributed by atoms with Gasteiger partial charge >= 0.3 is 0 Å². The van der Waals surface area contributed by atoms with E-state index in [1.807, 2.05) is 66.7 Å². The van der Waals surface area contributed by atoms with Crippen LogP contribution in [0.3, 0.4) is 0 Å². The van der Waals surface area contributed by atoms with Gasteiger partial charge in [0.15, 0.2) is 5.75 Å². The van der Waals surface area contributed by atoms with Crippen molar-refractivity contribution < 1.29 is 19.4 Å². The molecule has 0 saturated carbocycles. The summed E-state index contributed by atoms with van der Waals surface area (Å²) in [5.74, 6) is -1.65. The Morgan fingerprint density at radius 1 is 0.897 bits per heavy atom. The number of carbonyl (C=O) groups is 2. The van der Waals surface area contributed by atoms with Gasteiger partial charge in [-0.25, -0.2) is 0 Å². The maximum Gasteiger partial charge on any atom is 0.300 e. The zero-order valence-electron chi connectivity index (χ0n) is 22.0. The molecule has 1 aliphatic heterocycles. The molecule has 1 unspecified atom stereocenters. The molecule has 7 heteroatoms. The molecule has 4 aromatic carbocycles. The van der Waals surface area contributed by atoms with Crippen LogP contribution in [0.4, 0.5) is 5.69 Å². The van der Waals surface area contributed by atoms with Gasteiger partial charge in [0.2, 0.25) is 0 Å². The Labute approximate surface area is 237 Å². The number of anilines is 1. The van der Waals surface area contributed by atoms with Crippen molar-refractivity contribution in [2.24, 2.45) is 0 Å². The van der Waals surface area contributed by atoms with Crippen molar-refractivity contribution in [3.8, 4) is 5.75 Å². The number of halogens is 2. The average Bonchev–Trinajstić information content (AvgIpc) is 3.17. The fraction of sp³-hybridized carbons (Fsp3) is 0.188. The maximum absolute atomic E-state index is 13.7.